The molecular weight excluding hydrogens is 356 g/mol. The average Bonchev–Trinajstić information content (AvgIpc) is 3.16. The molecule has 0 bridgehead atoms. The second-order valence-corrected chi connectivity index (χ2v) is 7.14. The van der Waals surface area contributed by atoms with Crippen LogP contribution in [-0.2, 0) is 4.79 Å². The first kappa shape index (κ1) is 18.6. The summed E-state index contributed by atoms with van der Waals surface area (Å²) in [5.41, 5.74) is 3.37. The first-order chi connectivity index (χ1) is 13.0. The zero-order valence-electron chi connectivity index (χ0n) is 15.2. The second-order valence-electron chi connectivity index (χ2n) is 6.16. The Kier molecular flexibility index (Phi) is 5.84. The molecule has 0 aliphatic heterocycles. The summed E-state index contributed by atoms with van der Waals surface area (Å²) in [6.07, 6.45) is 1.68. The van der Waals surface area contributed by atoms with Crippen LogP contribution in [0.2, 0.25) is 0 Å². The predicted octanol–water partition coefficient (Wildman–Crippen LogP) is 4.77. The van der Waals surface area contributed by atoms with Crippen LogP contribution in [0.1, 0.15) is 26.4 Å². The molecule has 0 atom stereocenters. The molecule has 0 saturated carbocycles. The Morgan fingerprint density at radius 3 is 2.33 bits per heavy atom. The smallest absolute Gasteiger partial charge is 0.272 e. The van der Waals surface area contributed by atoms with Crippen LogP contribution in [0.25, 0.3) is 6.08 Å². The number of thiophene rings is 1. The van der Waals surface area contributed by atoms with Gasteiger partial charge in [-0.1, -0.05) is 42.0 Å². The van der Waals surface area contributed by atoms with Crippen molar-refractivity contribution in [2.75, 3.05) is 5.32 Å². The molecule has 0 saturated heterocycles. The standard InChI is InChI=1S/C22H20N2O2S/c1-15-9-11-17(12-10-15)23-22(26)20(14-18-7-5-13-27-18)24-21(25)19-8-4-3-6-16(19)2/h3-14H,1-2H3,(H,23,26)(H,24,25)/b20-14-. The van der Waals surface area contributed by atoms with E-state index >= 15 is 0 Å². The molecule has 2 aromatic carbocycles. The lowest BCUT2D eigenvalue weighted by molar-refractivity contribution is -0.113. The molecule has 1 heterocycles. The molecule has 1 aromatic heterocycles. The zero-order valence-corrected chi connectivity index (χ0v) is 16.0. The normalized spacial score (nSPS) is 11.1. The highest BCUT2D eigenvalue weighted by molar-refractivity contribution is 7.10. The molecule has 4 nitrogen and oxygen atoms in total. The van der Waals surface area contributed by atoms with E-state index in [4.69, 9.17) is 0 Å². The Hall–Kier alpha value is -3.18. The van der Waals surface area contributed by atoms with E-state index in [9.17, 15) is 9.59 Å². The summed E-state index contributed by atoms with van der Waals surface area (Å²) in [4.78, 5) is 26.3. The maximum Gasteiger partial charge on any atom is 0.272 e. The van der Waals surface area contributed by atoms with Gasteiger partial charge < -0.3 is 10.6 Å². The van der Waals surface area contributed by atoms with Crippen LogP contribution in [0.15, 0.2) is 71.7 Å². The largest absolute Gasteiger partial charge is 0.321 e. The molecule has 2 amide bonds. The van der Waals surface area contributed by atoms with Crippen molar-refractivity contribution >= 4 is 34.9 Å². The van der Waals surface area contributed by atoms with Gasteiger partial charge in [-0.15, -0.1) is 11.3 Å². The molecule has 0 aliphatic rings. The third-order valence-electron chi connectivity index (χ3n) is 4.02. The molecule has 0 spiro atoms. The molecule has 5 heteroatoms. The fraction of sp³-hybridized carbons (Fsp3) is 0.0909. The van der Waals surface area contributed by atoms with Crippen LogP contribution >= 0.6 is 11.3 Å². The van der Waals surface area contributed by atoms with Gasteiger partial charge >= 0.3 is 0 Å². The van der Waals surface area contributed by atoms with Gasteiger partial charge in [-0.3, -0.25) is 9.59 Å². The molecule has 2 N–H and O–H groups in total. The van der Waals surface area contributed by atoms with Crippen molar-refractivity contribution in [2.45, 2.75) is 13.8 Å². The number of nitrogens with one attached hydrogen (secondary N) is 2. The molecule has 0 aliphatic carbocycles. The summed E-state index contributed by atoms with van der Waals surface area (Å²) < 4.78 is 0. The van der Waals surface area contributed by atoms with Gasteiger partial charge in [0.25, 0.3) is 11.8 Å². The summed E-state index contributed by atoms with van der Waals surface area (Å²) in [6, 6.07) is 18.6. The number of hydrogen-bond donors (Lipinski definition) is 2. The lowest BCUT2D eigenvalue weighted by atomic mass is 10.1. The van der Waals surface area contributed by atoms with E-state index in [0.717, 1.165) is 16.0 Å². The molecule has 0 radical (unpaired) electrons. The van der Waals surface area contributed by atoms with Gasteiger partial charge in [-0.2, -0.15) is 0 Å². The van der Waals surface area contributed by atoms with Gasteiger partial charge in [0.15, 0.2) is 0 Å². The van der Waals surface area contributed by atoms with Crippen molar-refractivity contribution in [3.05, 3.63) is 93.3 Å². The molecule has 0 unspecified atom stereocenters. The first-order valence-electron chi connectivity index (χ1n) is 8.53. The number of aryl methyl sites for hydroxylation is 2. The summed E-state index contributed by atoms with van der Waals surface area (Å²) in [5, 5.41) is 7.52. The highest BCUT2D eigenvalue weighted by atomic mass is 32.1. The van der Waals surface area contributed by atoms with Crippen molar-refractivity contribution in [3.8, 4) is 0 Å². The minimum absolute atomic E-state index is 0.200. The Morgan fingerprint density at radius 1 is 0.926 bits per heavy atom. The molecule has 3 rings (SSSR count). The Morgan fingerprint density at radius 2 is 1.67 bits per heavy atom. The molecule has 136 valence electrons. The van der Waals surface area contributed by atoms with E-state index in [2.05, 4.69) is 10.6 Å². The maximum absolute atomic E-state index is 12.8. The van der Waals surface area contributed by atoms with E-state index in [1.165, 1.54) is 11.3 Å². The van der Waals surface area contributed by atoms with Crippen molar-refractivity contribution < 1.29 is 9.59 Å². The fourth-order valence-corrected chi connectivity index (χ4v) is 3.18. The lowest BCUT2D eigenvalue weighted by Gasteiger charge is -2.12. The Balaban J connectivity index is 1.85. The van der Waals surface area contributed by atoms with Crippen LogP contribution in [0.5, 0.6) is 0 Å². The number of carbonyl (C=O) groups excluding carboxylic acids is 2. The van der Waals surface area contributed by atoms with Gasteiger partial charge in [-0.05, 0) is 55.1 Å². The van der Waals surface area contributed by atoms with Crippen molar-refractivity contribution in [1.82, 2.24) is 5.32 Å². The third kappa shape index (κ3) is 4.92. The first-order valence-corrected chi connectivity index (χ1v) is 9.41. The number of anilines is 1. The third-order valence-corrected chi connectivity index (χ3v) is 4.84. The van der Waals surface area contributed by atoms with Gasteiger partial charge in [-0.25, -0.2) is 0 Å². The Labute approximate surface area is 162 Å². The summed E-state index contributed by atoms with van der Waals surface area (Å²) in [7, 11) is 0. The topological polar surface area (TPSA) is 58.2 Å². The second kappa shape index (κ2) is 8.47. The van der Waals surface area contributed by atoms with Crippen LogP contribution in [0.4, 0.5) is 5.69 Å². The number of carbonyl (C=O) groups is 2. The Bertz CT molecular complexity index is 974. The minimum atomic E-state index is -0.366. The van der Waals surface area contributed by atoms with E-state index in [0.29, 0.717) is 11.3 Å². The van der Waals surface area contributed by atoms with Gasteiger partial charge in [0, 0.05) is 16.1 Å². The molecular formula is C22H20N2O2S. The van der Waals surface area contributed by atoms with Gasteiger partial charge in [0.1, 0.15) is 5.70 Å². The number of hydrogen-bond acceptors (Lipinski definition) is 3. The van der Waals surface area contributed by atoms with Crippen molar-refractivity contribution in [3.63, 3.8) is 0 Å². The number of amides is 2. The SMILES string of the molecule is Cc1ccc(NC(=O)/C(=C/c2cccs2)NC(=O)c2ccccc2C)cc1. The number of rotatable bonds is 5. The highest BCUT2D eigenvalue weighted by Crippen LogP contribution is 2.16. The van der Waals surface area contributed by atoms with Gasteiger partial charge in [0.2, 0.25) is 0 Å². The van der Waals surface area contributed by atoms with Crippen LogP contribution in [0.3, 0.4) is 0 Å². The summed E-state index contributed by atoms with van der Waals surface area (Å²) >= 11 is 1.50. The van der Waals surface area contributed by atoms with Crippen LogP contribution < -0.4 is 10.6 Å². The summed E-state index contributed by atoms with van der Waals surface area (Å²) in [6.45, 7) is 3.85. The molecule has 3 aromatic rings. The monoisotopic (exact) mass is 376 g/mol. The van der Waals surface area contributed by atoms with Crippen LogP contribution in [-0.4, -0.2) is 11.8 Å². The van der Waals surface area contributed by atoms with E-state index in [-0.39, 0.29) is 17.5 Å². The predicted molar refractivity (Wildman–Crippen MR) is 111 cm³/mol. The van der Waals surface area contributed by atoms with Crippen molar-refractivity contribution in [1.29, 1.82) is 0 Å². The van der Waals surface area contributed by atoms with Gasteiger partial charge in [0.05, 0.1) is 0 Å². The highest BCUT2D eigenvalue weighted by Gasteiger charge is 2.16. The molecule has 27 heavy (non-hydrogen) atoms. The average molecular weight is 376 g/mol. The maximum atomic E-state index is 12.8. The van der Waals surface area contributed by atoms with E-state index in [1.807, 2.05) is 67.8 Å². The van der Waals surface area contributed by atoms with Crippen molar-refractivity contribution in [2.24, 2.45) is 0 Å². The van der Waals surface area contributed by atoms with E-state index in [1.54, 1.807) is 18.2 Å². The number of benzene rings is 2. The fourth-order valence-electron chi connectivity index (χ4n) is 2.53. The lowest BCUT2D eigenvalue weighted by Crippen LogP contribution is -2.31. The molecule has 0 fully saturated rings. The van der Waals surface area contributed by atoms with Crippen LogP contribution in [0, 0.1) is 13.8 Å². The minimum Gasteiger partial charge on any atom is -0.321 e. The van der Waals surface area contributed by atoms with E-state index < -0.39 is 0 Å². The quantitative estimate of drug-likeness (QED) is 0.630. The summed E-state index contributed by atoms with van der Waals surface area (Å²) in [5.74, 6) is -0.677. The zero-order chi connectivity index (χ0) is 19.2.